The molecule has 0 fully saturated rings. The van der Waals surface area contributed by atoms with Crippen LogP contribution in [0.3, 0.4) is 0 Å². The van der Waals surface area contributed by atoms with Crippen LogP contribution < -0.4 is 10.1 Å². The number of aryl methyl sites for hydroxylation is 2. The van der Waals surface area contributed by atoms with Crippen LogP contribution in [0.1, 0.15) is 11.1 Å². The molecule has 2 aromatic rings. The lowest BCUT2D eigenvalue weighted by Crippen LogP contribution is -2.21. The number of hydrogen-bond donors (Lipinski definition) is 1. The Labute approximate surface area is 131 Å². The summed E-state index contributed by atoms with van der Waals surface area (Å²) in [6, 6.07) is 10.2. The molecule has 0 unspecified atom stereocenters. The highest BCUT2D eigenvalue weighted by atomic mass is 79.9. The van der Waals surface area contributed by atoms with Crippen LogP contribution in [0, 0.1) is 19.7 Å². The van der Waals surface area contributed by atoms with Crippen molar-refractivity contribution in [1.82, 2.24) is 0 Å². The molecule has 2 aromatic carbocycles. The molecule has 0 atom stereocenters. The molecule has 0 bridgehead atoms. The maximum atomic E-state index is 13.6. The average Bonchev–Trinajstić information content (AvgIpc) is 2.42. The summed E-state index contributed by atoms with van der Waals surface area (Å²) in [6.07, 6.45) is 0. The third-order valence-corrected chi connectivity index (χ3v) is 3.41. The molecule has 0 aromatic heterocycles. The van der Waals surface area contributed by atoms with Crippen LogP contribution in [0.25, 0.3) is 0 Å². The molecule has 0 heterocycles. The molecule has 3 nitrogen and oxygen atoms in total. The predicted octanol–water partition coefficient (Wildman–Crippen LogP) is 4.22. The Morgan fingerprint density at radius 2 is 2.00 bits per heavy atom. The van der Waals surface area contributed by atoms with Crippen molar-refractivity contribution in [2.24, 2.45) is 0 Å². The van der Waals surface area contributed by atoms with Gasteiger partial charge in [0.15, 0.2) is 18.2 Å². The number of amides is 1. The molecule has 0 saturated carbocycles. The van der Waals surface area contributed by atoms with Gasteiger partial charge < -0.3 is 10.1 Å². The van der Waals surface area contributed by atoms with Crippen molar-refractivity contribution in [3.63, 3.8) is 0 Å². The normalized spacial score (nSPS) is 10.3. The van der Waals surface area contributed by atoms with Gasteiger partial charge in [-0.1, -0.05) is 28.1 Å². The molecule has 5 heteroatoms. The molecule has 0 aliphatic rings. The Balaban J connectivity index is 1.97. The van der Waals surface area contributed by atoms with Crippen LogP contribution in [0.15, 0.2) is 40.9 Å². The molecule has 0 spiro atoms. The first-order valence-corrected chi connectivity index (χ1v) is 7.20. The minimum absolute atomic E-state index is 0.0503. The van der Waals surface area contributed by atoms with Gasteiger partial charge in [0.05, 0.1) is 0 Å². The molecule has 0 aliphatic carbocycles. The van der Waals surface area contributed by atoms with E-state index in [0.717, 1.165) is 16.8 Å². The van der Waals surface area contributed by atoms with E-state index in [2.05, 4.69) is 21.2 Å². The molecule has 0 aliphatic heterocycles. The maximum absolute atomic E-state index is 13.6. The zero-order valence-corrected chi connectivity index (χ0v) is 13.3. The molecule has 110 valence electrons. The van der Waals surface area contributed by atoms with Gasteiger partial charge in [0.1, 0.15) is 0 Å². The highest BCUT2D eigenvalue weighted by molar-refractivity contribution is 9.10. The van der Waals surface area contributed by atoms with Gasteiger partial charge in [0, 0.05) is 10.2 Å². The minimum atomic E-state index is -0.510. The Morgan fingerprint density at radius 3 is 2.71 bits per heavy atom. The van der Waals surface area contributed by atoms with E-state index in [0.29, 0.717) is 4.47 Å². The Hall–Kier alpha value is -1.88. The highest BCUT2D eigenvalue weighted by Crippen LogP contribution is 2.21. The fourth-order valence-corrected chi connectivity index (χ4v) is 2.13. The second-order valence-corrected chi connectivity index (χ2v) is 5.65. The number of nitrogens with one attached hydrogen (secondary N) is 1. The Bertz CT molecular complexity index is 673. The number of carbonyl (C=O) groups is 1. The number of rotatable bonds is 4. The Morgan fingerprint density at radius 1 is 1.24 bits per heavy atom. The number of benzene rings is 2. The predicted molar refractivity (Wildman–Crippen MR) is 84.1 cm³/mol. The fraction of sp³-hybridized carbons (Fsp3) is 0.188. The number of carbonyl (C=O) groups excluding carboxylic acids is 1. The van der Waals surface area contributed by atoms with Crippen LogP contribution in [0.2, 0.25) is 0 Å². The zero-order valence-electron chi connectivity index (χ0n) is 11.7. The van der Waals surface area contributed by atoms with E-state index in [-0.39, 0.29) is 18.3 Å². The van der Waals surface area contributed by atoms with E-state index >= 15 is 0 Å². The monoisotopic (exact) mass is 351 g/mol. The number of ether oxygens (including phenoxy) is 1. The number of halogens is 2. The smallest absolute Gasteiger partial charge is 0.262 e. The van der Waals surface area contributed by atoms with Crippen molar-refractivity contribution < 1.29 is 13.9 Å². The van der Waals surface area contributed by atoms with Gasteiger partial charge in [-0.2, -0.15) is 0 Å². The van der Waals surface area contributed by atoms with Crippen molar-refractivity contribution >= 4 is 27.5 Å². The summed E-state index contributed by atoms with van der Waals surface area (Å²) in [7, 11) is 0. The van der Waals surface area contributed by atoms with E-state index in [4.69, 9.17) is 4.74 Å². The lowest BCUT2D eigenvalue weighted by Gasteiger charge is -2.11. The third kappa shape index (κ3) is 4.29. The van der Waals surface area contributed by atoms with E-state index in [1.807, 2.05) is 32.0 Å². The van der Waals surface area contributed by atoms with Gasteiger partial charge in [-0.25, -0.2) is 4.39 Å². The lowest BCUT2D eigenvalue weighted by molar-refractivity contribution is -0.118. The van der Waals surface area contributed by atoms with Crippen molar-refractivity contribution in [2.45, 2.75) is 13.8 Å². The lowest BCUT2D eigenvalue weighted by atomic mass is 10.1. The summed E-state index contributed by atoms with van der Waals surface area (Å²) in [5, 5.41) is 2.76. The Kier molecular flexibility index (Phi) is 4.96. The molecular formula is C16H15BrFNO2. The van der Waals surface area contributed by atoms with Gasteiger partial charge in [-0.05, 0) is 49.2 Å². The van der Waals surface area contributed by atoms with Gasteiger partial charge in [0.25, 0.3) is 5.91 Å². The summed E-state index contributed by atoms with van der Waals surface area (Å²) in [5.74, 6) is -0.788. The standard InChI is InChI=1S/C16H15BrFNO2/c1-10-3-4-11(2)14(7-10)19-16(20)9-21-15-6-5-12(17)8-13(15)18/h3-8H,9H2,1-2H3,(H,19,20). The van der Waals surface area contributed by atoms with Crippen molar-refractivity contribution in [3.8, 4) is 5.75 Å². The first-order chi connectivity index (χ1) is 9.95. The largest absolute Gasteiger partial charge is 0.481 e. The van der Waals surface area contributed by atoms with Crippen LogP contribution in [-0.4, -0.2) is 12.5 Å². The second-order valence-electron chi connectivity index (χ2n) is 4.73. The molecular weight excluding hydrogens is 337 g/mol. The van der Waals surface area contributed by atoms with E-state index < -0.39 is 5.82 Å². The van der Waals surface area contributed by atoms with Crippen LogP contribution in [0.4, 0.5) is 10.1 Å². The van der Waals surface area contributed by atoms with Crippen molar-refractivity contribution in [1.29, 1.82) is 0 Å². The first kappa shape index (κ1) is 15.5. The van der Waals surface area contributed by atoms with Crippen LogP contribution in [-0.2, 0) is 4.79 Å². The fourth-order valence-electron chi connectivity index (χ4n) is 1.79. The summed E-state index contributed by atoms with van der Waals surface area (Å²) in [5.41, 5.74) is 2.75. The topological polar surface area (TPSA) is 38.3 Å². The minimum Gasteiger partial charge on any atom is -0.481 e. The molecule has 0 saturated heterocycles. The van der Waals surface area contributed by atoms with Crippen molar-refractivity contribution in [2.75, 3.05) is 11.9 Å². The van der Waals surface area contributed by atoms with Crippen LogP contribution in [0.5, 0.6) is 5.75 Å². The SMILES string of the molecule is Cc1ccc(C)c(NC(=O)COc2ccc(Br)cc2F)c1. The highest BCUT2D eigenvalue weighted by Gasteiger charge is 2.09. The van der Waals surface area contributed by atoms with Gasteiger partial charge in [-0.3, -0.25) is 4.79 Å². The molecule has 21 heavy (non-hydrogen) atoms. The number of hydrogen-bond acceptors (Lipinski definition) is 2. The molecule has 1 amide bonds. The van der Waals surface area contributed by atoms with Crippen LogP contribution >= 0.6 is 15.9 Å². The van der Waals surface area contributed by atoms with Gasteiger partial charge in [-0.15, -0.1) is 0 Å². The van der Waals surface area contributed by atoms with E-state index in [1.54, 1.807) is 6.07 Å². The second kappa shape index (κ2) is 6.72. The average molecular weight is 352 g/mol. The van der Waals surface area contributed by atoms with Gasteiger partial charge >= 0.3 is 0 Å². The first-order valence-electron chi connectivity index (χ1n) is 6.40. The van der Waals surface area contributed by atoms with Crippen molar-refractivity contribution in [3.05, 3.63) is 57.8 Å². The summed E-state index contributed by atoms with van der Waals surface area (Å²) in [4.78, 5) is 11.9. The molecule has 1 N–H and O–H groups in total. The summed E-state index contributed by atoms with van der Waals surface area (Å²) in [6.45, 7) is 3.61. The summed E-state index contributed by atoms with van der Waals surface area (Å²) >= 11 is 3.16. The quantitative estimate of drug-likeness (QED) is 0.895. The molecule has 2 rings (SSSR count). The summed E-state index contributed by atoms with van der Waals surface area (Å²) < 4.78 is 19.4. The van der Waals surface area contributed by atoms with E-state index in [1.165, 1.54) is 12.1 Å². The maximum Gasteiger partial charge on any atom is 0.262 e. The zero-order chi connectivity index (χ0) is 15.4. The third-order valence-electron chi connectivity index (χ3n) is 2.92. The van der Waals surface area contributed by atoms with E-state index in [9.17, 15) is 9.18 Å². The molecule has 0 radical (unpaired) electrons. The van der Waals surface area contributed by atoms with Gasteiger partial charge in [0.2, 0.25) is 0 Å². The number of anilines is 1.